The highest BCUT2D eigenvalue weighted by molar-refractivity contribution is 5.82. The van der Waals surface area contributed by atoms with Crippen LogP contribution in [0.25, 0.3) is 0 Å². The molecule has 3 heterocycles. The molecule has 0 saturated carbocycles. The molecule has 2 atom stereocenters. The van der Waals surface area contributed by atoms with E-state index in [-0.39, 0.29) is 0 Å². The fourth-order valence-corrected chi connectivity index (χ4v) is 2.65. The molecule has 1 fully saturated rings. The predicted octanol–water partition coefficient (Wildman–Crippen LogP) is 0.975. The zero-order chi connectivity index (χ0) is 12.3. The largest absolute Gasteiger partial charge is 0.467 e. The van der Waals surface area contributed by atoms with Crippen LogP contribution in [0.5, 0.6) is 0 Å². The SMILES string of the molecule is COC(=O)C12CCC(OC)(O1)c1nc(C)oc12. The molecule has 0 amide bonds. The molecule has 0 aromatic carbocycles. The average Bonchev–Trinajstić information content (AvgIpc) is 2.96. The average molecular weight is 239 g/mol. The molecule has 6 heteroatoms. The first kappa shape index (κ1) is 10.7. The van der Waals surface area contributed by atoms with Crippen LogP contribution in [0.1, 0.15) is 30.2 Å². The molecule has 0 spiro atoms. The van der Waals surface area contributed by atoms with Crippen molar-refractivity contribution < 1.29 is 23.4 Å². The second kappa shape index (κ2) is 3.08. The Morgan fingerprint density at radius 2 is 2.18 bits per heavy atom. The van der Waals surface area contributed by atoms with Crippen LogP contribution in [0.4, 0.5) is 0 Å². The lowest BCUT2D eigenvalue weighted by molar-refractivity contribution is -0.240. The minimum atomic E-state index is -1.18. The van der Waals surface area contributed by atoms with Crippen molar-refractivity contribution in [2.24, 2.45) is 0 Å². The second-order valence-corrected chi connectivity index (χ2v) is 4.29. The zero-order valence-corrected chi connectivity index (χ0v) is 9.90. The monoisotopic (exact) mass is 239 g/mol. The Hall–Kier alpha value is -1.40. The number of aryl methyl sites for hydroxylation is 1. The summed E-state index contributed by atoms with van der Waals surface area (Å²) in [4.78, 5) is 16.2. The van der Waals surface area contributed by atoms with E-state index in [9.17, 15) is 4.79 Å². The molecule has 2 bridgehead atoms. The number of nitrogens with zero attached hydrogens (tertiary/aromatic N) is 1. The van der Waals surface area contributed by atoms with Gasteiger partial charge in [0.05, 0.1) is 7.11 Å². The van der Waals surface area contributed by atoms with Crippen LogP contribution in [-0.4, -0.2) is 25.2 Å². The van der Waals surface area contributed by atoms with E-state index in [1.165, 1.54) is 14.2 Å². The van der Waals surface area contributed by atoms with Crippen LogP contribution in [0.3, 0.4) is 0 Å². The quantitative estimate of drug-likeness (QED) is 0.716. The van der Waals surface area contributed by atoms with Gasteiger partial charge in [-0.2, -0.15) is 0 Å². The minimum Gasteiger partial charge on any atom is -0.467 e. The number of aromatic nitrogens is 1. The van der Waals surface area contributed by atoms with E-state index >= 15 is 0 Å². The number of carbonyl (C=O) groups excluding carboxylic acids is 1. The molecule has 1 saturated heterocycles. The van der Waals surface area contributed by atoms with Crippen LogP contribution < -0.4 is 0 Å². The molecule has 2 aliphatic heterocycles. The van der Waals surface area contributed by atoms with Gasteiger partial charge in [-0.1, -0.05) is 0 Å². The highest BCUT2D eigenvalue weighted by Gasteiger charge is 2.68. The van der Waals surface area contributed by atoms with Gasteiger partial charge in [-0.25, -0.2) is 9.78 Å². The Kier molecular flexibility index (Phi) is 1.95. The summed E-state index contributed by atoms with van der Waals surface area (Å²) in [5, 5.41) is 0. The lowest BCUT2D eigenvalue weighted by atomic mass is 9.88. The number of ether oxygens (including phenoxy) is 3. The Morgan fingerprint density at radius 3 is 2.82 bits per heavy atom. The first-order valence-electron chi connectivity index (χ1n) is 5.40. The van der Waals surface area contributed by atoms with Gasteiger partial charge in [0.1, 0.15) is 5.69 Å². The molecule has 0 radical (unpaired) electrons. The highest BCUT2D eigenvalue weighted by atomic mass is 16.7. The summed E-state index contributed by atoms with van der Waals surface area (Å²) in [7, 11) is 2.86. The molecule has 6 nitrogen and oxygen atoms in total. The molecule has 2 unspecified atom stereocenters. The molecular weight excluding hydrogens is 226 g/mol. The third-order valence-corrected chi connectivity index (χ3v) is 3.45. The van der Waals surface area contributed by atoms with Crippen molar-refractivity contribution in [3.63, 3.8) is 0 Å². The number of rotatable bonds is 2. The van der Waals surface area contributed by atoms with Gasteiger partial charge < -0.3 is 18.6 Å². The first-order valence-corrected chi connectivity index (χ1v) is 5.40. The molecule has 2 aliphatic rings. The number of oxazole rings is 1. The third-order valence-electron chi connectivity index (χ3n) is 3.45. The van der Waals surface area contributed by atoms with Crippen LogP contribution in [-0.2, 0) is 30.4 Å². The zero-order valence-electron chi connectivity index (χ0n) is 9.90. The van der Waals surface area contributed by atoms with Gasteiger partial charge in [-0.3, -0.25) is 0 Å². The maximum absolute atomic E-state index is 11.9. The lowest BCUT2D eigenvalue weighted by Crippen LogP contribution is -2.34. The summed E-state index contributed by atoms with van der Waals surface area (Å²) in [6.07, 6.45) is 1.05. The Balaban J connectivity index is 2.20. The van der Waals surface area contributed by atoms with Gasteiger partial charge in [-0.05, 0) is 0 Å². The topological polar surface area (TPSA) is 70.8 Å². The highest BCUT2D eigenvalue weighted by Crippen LogP contribution is 2.58. The summed E-state index contributed by atoms with van der Waals surface area (Å²) in [5.74, 6) is -0.502. The van der Waals surface area contributed by atoms with E-state index in [1.807, 2.05) is 0 Å². The van der Waals surface area contributed by atoms with E-state index in [0.717, 1.165) is 0 Å². The van der Waals surface area contributed by atoms with Crippen molar-refractivity contribution in [2.45, 2.75) is 31.2 Å². The van der Waals surface area contributed by atoms with Crippen molar-refractivity contribution in [3.8, 4) is 0 Å². The van der Waals surface area contributed by atoms with Gasteiger partial charge in [0.15, 0.2) is 11.7 Å². The van der Waals surface area contributed by atoms with E-state index in [4.69, 9.17) is 18.6 Å². The van der Waals surface area contributed by atoms with Crippen LogP contribution in [0.15, 0.2) is 4.42 Å². The van der Waals surface area contributed by atoms with Crippen LogP contribution in [0, 0.1) is 6.92 Å². The minimum absolute atomic E-state index is 0.426. The normalized spacial score (nSPS) is 33.8. The third kappa shape index (κ3) is 1.07. The Bertz CT molecular complexity index is 496. The van der Waals surface area contributed by atoms with Gasteiger partial charge in [-0.15, -0.1) is 0 Å². The second-order valence-electron chi connectivity index (χ2n) is 4.29. The summed E-state index contributed by atoms with van der Waals surface area (Å²) in [6, 6.07) is 0. The first-order chi connectivity index (χ1) is 8.08. The fourth-order valence-electron chi connectivity index (χ4n) is 2.65. The van der Waals surface area contributed by atoms with Gasteiger partial charge in [0, 0.05) is 26.9 Å². The van der Waals surface area contributed by atoms with Gasteiger partial charge in [0.2, 0.25) is 11.4 Å². The Morgan fingerprint density at radius 1 is 1.41 bits per heavy atom. The van der Waals surface area contributed by atoms with Crippen LogP contribution in [0.2, 0.25) is 0 Å². The van der Waals surface area contributed by atoms with E-state index in [1.54, 1.807) is 6.92 Å². The molecule has 92 valence electrons. The summed E-state index contributed by atoms with van der Waals surface area (Å²) in [5.41, 5.74) is -0.615. The van der Waals surface area contributed by atoms with E-state index in [0.29, 0.717) is 30.2 Å². The van der Waals surface area contributed by atoms with Crippen molar-refractivity contribution in [2.75, 3.05) is 14.2 Å². The fraction of sp³-hybridized carbons (Fsp3) is 0.636. The predicted molar refractivity (Wildman–Crippen MR) is 53.9 cm³/mol. The van der Waals surface area contributed by atoms with Gasteiger partial charge >= 0.3 is 5.97 Å². The maximum atomic E-state index is 11.9. The smallest absolute Gasteiger partial charge is 0.346 e. The molecule has 0 aliphatic carbocycles. The van der Waals surface area contributed by atoms with Crippen molar-refractivity contribution in [1.82, 2.24) is 4.98 Å². The summed E-state index contributed by atoms with van der Waals surface area (Å²) >= 11 is 0. The van der Waals surface area contributed by atoms with Crippen molar-refractivity contribution in [3.05, 3.63) is 17.3 Å². The summed E-state index contributed by atoms with van der Waals surface area (Å²) < 4.78 is 21.5. The molecular formula is C11H13NO5. The number of hydrogen-bond donors (Lipinski definition) is 0. The molecule has 0 N–H and O–H groups in total. The van der Waals surface area contributed by atoms with Gasteiger partial charge in [0.25, 0.3) is 0 Å². The molecule has 1 aromatic rings. The van der Waals surface area contributed by atoms with Crippen molar-refractivity contribution in [1.29, 1.82) is 0 Å². The lowest BCUT2D eigenvalue weighted by Gasteiger charge is -2.21. The van der Waals surface area contributed by atoms with E-state index < -0.39 is 17.4 Å². The molecule has 3 rings (SSSR count). The standard InChI is InChI=1S/C11H13NO5/c1-6-12-7-8(16-6)10(9(13)14-2)4-5-11(7,15-3)17-10/h4-5H2,1-3H3. The van der Waals surface area contributed by atoms with Crippen molar-refractivity contribution >= 4 is 5.97 Å². The number of fused-ring (bicyclic) bond motifs is 5. The maximum Gasteiger partial charge on any atom is 0.346 e. The molecule has 17 heavy (non-hydrogen) atoms. The van der Waals surface area contributed by atoms with Crippen LogP contribution >= 0.6 is 0 Å². The number of hydrogen-bond acceptors (Lipinski definition) is 6. The number of esters is 1. The Labute approximate surface area is 97.9 Å². The van der Waals surface area contributed by atoms with E-state index in [2.05, 4.69) is 4.98 Å². The number of methoxy groups -OCH3 is 2. The molecule has 1 aromatic heterocycles. The summed E-state index contributed by atoms with van der Waals surface area (Å²) in [6.45, 7) is 1.73. The number of carbonyl (C=O) groups is 1.